The Morgan fingerprint density at radius 2 is 1.97 bits per heavy atom. The third-order valence-electron chi connectivity index (χ3n) is 7.90. The van der Waals surface area contributed by atoms with Crippen LogP contribution in [0.4, 0.5) is 0 Å². The van der Waals surface area contributed by atoms with Gasteiger partial charge in [-0.1, -0.05) is 18.2 Å². The van der Waals surface area contributed by atoms with Gasteiger partial charge in [-0.25, -0.2) is 0 Å². The molecule has 1 aliphatic heterocycles. The van der Waals surface area contributed by atoms with Crippen LogP contribution in [0.2, 0.25) is 0 Å². The smallest absolute Gasteiger partial charge is 0.256 e. The van der Waals surface area contributed by atoms with Crippen molar-refractivity contribution in [3.8, 4) is 5.75 Å². The van der Waals surface area contributed by atoms with Gasteiger partial charge in [0, 0.05) is 54.3 Å². The molecule has 9 heteroatoms. The van der Waals surface area contributed by atoms with Gasteiger partial charge >= 0.3 is 0 Å². The maximum Gasteiger partial charge on any atom is 0.256 e. The third kappa shape index (κ3) is 5.93. The lowest BCUT2D eigenvalue weighted by Gasteiger charge is -2.36. The number of carbonyl (C=O) groups excluding carboxylic acids is 1. The summed E-state index contributed by atoms with van der Waals surface area (Å²) in [6, 6.07) is 10.0. The maximum absolute atomic E-state index is 13.6. The molecule has 0 radical (unpaired) electrons. The summed E-state index contributed by atoms with van der Waals surface area (Å²) in [5.41, 5.74) is 4.42. The van der Waals surface area contributed by atoms with Crippen molar-refractivity contribution in [1.82, 2.24) is 25.1 Å². The van der Waals surface area contributed by atoms with Crippen LogP contribution in [0.1, 0.15) is 53.1 Å². The zero-order valence-electron chi connectivity index (χ0n) is 23.6. The van der Waals surface area contributed by atoms with E-state index in [4.69, 9.17) is 10.1 Å². The molecule has 0 bridgehead atoms. The summed E-state index contributed by atoms with van der Waals surface area (Å²) in [7, 11) is 3.38. The van der Waals surface area contributed by atoms with Gasteiger partial charge in [0.15, 0.2) is 0 Å². The zero-order chi connectivity index (χ0) is 28.1. The Bertz CT molecular complexity index is 1430. The van der Waals surface area contributed by atoms with E-state index in [0.717, 1.165) is 54.6 Å². The molecule has 4 rings (SSSR count). The summed E-state index contributed by atoms with van der Waals surface area (Å²) in [4.78, 5) is 31.3. The summed E-state index contributed by atoms with van der Waals surface area (Å²) in [6.45, 7) is 8.86. The molecule has 1 amide bonds. The highest BCUT2D eigenvalue weighted by molar-refractivity contribution is 6.08. The van der Waals surface area contributed by atoms with E-state index in [1.807, 2.05) is 38.4 Å². The number of aromatic nitrogens is 2. The number of H-pyrrole nitrogens is 1. The fraction of sp³-hybridized carbons (Fsp3) is 0.433. The van der Waals surface area contributed by atoms with Crippen LogP contribution >= 0.6 is 0 Å². The number of amides is 1. The van der Waals surface area contributed by atoms with Gasteiger partial charge in [-0.15, -0.1) is 0 Å². The largest absolute Gasteiger partial charge is 0.496 e. The van der Waals surface area contributed by atoms with Gasteiger partial charge in [0.1, 0.15) is 5.75 Å². The molecule has 1 aliphatic rings. The second-order valence-electron chi connectivity index (χ2n) is 10.4. The van der Waals surface area contributed by atoms with Crippen molar-refractivity contribution < 1.29 is 9.53 Å². The molecule has 3 heterocycles. The number of aryl methyl sites for hydroxylation is 1. The second kappa shape index (κ2) is 12.3. The normalized spacial score (nSPS) is 15.8. The molecule has 1 aromatic carbocycles. The van der Waals surface area contributed by atoms with Crippen LogP contribution in [-0.4, -0.2) is 60.4 Å². The topological polar surface area (TPSA) is 115 Å². The van der Waals surface area contributed by atoms with E-state index in [1.54, 1.807) is 13.0 Å². The van der Waals surface area contributed by atoms with Crippen molar-refractivity contribution in [3.63, 3.8) is 0 Å². The minimum absolute atomic E-state index is 0.0737. The van der Waals surface area contributed by atoms with Crippen molar-refractivity contribution >= 4 is 23.0 Å². The number of hydrogen-bond acceptors (Lipinski definition) is 6. The van der Waals surface area contributed by atoms with Crippen LogP contribution in [-0.2, 0) is 6.54 Å². The fourth-order valence-electron chi connectivity index (χ4n) is 5.88. The molecule has 39 heavy (non-hydrogen) atoms. The van der Waals surface area contributed by atoms with Crippen LogP contribution in [0.3, 0.4) is 0 Å². The number of pyridine rings is 1. The molecular formula is C30H40N6O3. The molecule has 1 atom stereocenters. The van der Waals surface area contributed by atoms with E-state index in [0.29, 0.717) is 28.5 Å². The van der Waals surface area contributed by atoms with Gasteiger partial charge < -0.3 is 30.3 Å². The zero-order valence-corrected chi connectivity index (χ0v) is 23.6. The second-order valence-corrected chi connectivity index (χ2v) is 10.4. The first kappa shape index (κ1) is 28.2. The summed E-state index contributed by atoms with van der Waals surface area (Å²) < 4.78 is 7.71. The van der Waals surface area contributed by atoms with E-state index in [-0.39, 0.29) is 24.1 Å². The molecule has 2 aromatic heterocycles. The van der Waals surface area contributed by atoms with Gasteiger partial charge in [0.25, 0.3) is 11.5 Å². The number of carbonyl (C=O) groups is 1. The summed E-state index contributed by atoms with van der Waals surface area (Å²) in [5, 5.41) is 14.5. The Morgan fingerprint density at radius 1 is 1.26 bits per heavy atom. The van der Waals surface area contributed by atoms with Crippen molar-refractivity contribution in [3.05, 3.63) is 75.0 Å². The van der Waals surface area contributed by atoms with E-state index in [1.165, 1.54) is 13.3 Å². The minimum atomic E-state index is -0.263. The number of nitrogens with one attached hydrogen (secondary N) is 4. The molecule has 0 saturated carbocycles. The maximum atomic E-state index is 13.6. The number of rotatable bonds is 10. The predicted octanol–water partition coefficient (Wildman–Crippen LogP) is 3.91. The lowest BCUT2D eigenvalue weighted by molar-refractivity contribution is 0.0951. The van der Waals surface area contributed by atoms with Gasteiger partial charge in [0.05, 0.1) is 24.8 Å². The summed E-state index contributed by atoms with van der Waals surface area (Å²) in [5.74, 6) is 0.727. The number of nitrogens with zero attached hydrogens (tertiary/aromatic N) is 2. The van der Waals surface area contributed by atoms with Crippen LogP contribution in [0.5, 0.6) is 5.75 Å². The monoisotopic (exact) mass is 532 g/mol. The molecule has 9 nitrogen and oxygen atoms in total. The third-order valence-corrected chi connectivity index (χ3v) is 7.90. The Labute approximate surface area is 229 Å². The highest BCUT2D eigenvalue weighted by atomic mass is 16.5. The molecule has 0 unspecified atom stereocenters. The number of hydrogen-bond donors (Lipinski definition) is 4. The van der Waals surface area contributed by atoms with Crippen LogP contribution < -0.4 is 20.9 Å². The number of benzene rings is 1. The van der Waals surface area contributed by atoms with E-state index in [9.17, 15) is 9.59 Å². The van der Waals surface area contributed by atoms with Crippen LogP contribution in [0, 0.1) is 25.2 Å². The average molecular weight is 533 g/mol. The van der Waals surface area contributed by atoms with Gasteiger partial charge in [-0.05, 0) is 70.3 Å². The standard InChI is InChI=1S/C30H40N6O3/c1-19-14-27(39-5)25(29(37)34-19)17-33-30(38)28-21(3)36(26-9-7-6-8-24(26)28)20(2)23-10-12-35(13-11-23)18-22(15-31)16-32-4/h6-9,14-16,20,23,31-32H,10-13,17-18H2,1-5H3,(H,33,38)(H,34,37)/b22-16+,31-15?/t20-/m1/s1. The Hall–Kier alpha value is -3.85. The van der Waals surface area contributed by atoms with Gasteiger partial charge in [-0.2, -0.15) is 0 Å². The molecule has 0 aliphatic carbocycles. The lowest BCUT2D eigenvalue weighted by atomic mass is 9.89. The number of fused-ring (bicyclic) bond motifs is 1. The van der Waals surface area contributed by atoms with E-state index in [2.05, 4.69) is 38.1 Å². The van der Waals surface area contributed by atoms with E-state index < -0.39 is 0 Å². The first-order valence-electron chi connectivity index (χ1n) is 13.5. The highest BCUT2D eigenvalue weighted by Crippen LogP contribution is 2.35. The Balaban J connectivity index is 1.55. The SMILES string of the molecule is CN/C=C(\C=N)CN1CCC([C@@H](C)n2c(C)c(C(=O)NCc3c(OC)cc(C)[nH]c3=O)c3ccccc32)CC1. The van der Waals surface area contributed by atoms with Gasteiger partial charge in [0.2, 0.25) is 0 Å². The Kier molecular flexibility index (Phi) is 8.91. The van der Waals surface area contributed by atoms with Crippen molar-refractivity contribution in [2.45, 2.75) is 46.2 Å². The van der Waals surface area contributed by atoms with Crippen molar-refractivity contribution in [2.75, 3.05) is 33.8 Å². The van der Waals surface area contributed by atoms with Crippen LogP contribution in [0.25, 0.3) is 10.9 Å². The molecule has 4 N–H and O–H groups in total. The molecule has 3 aromatic rings. The molecule has 1 saturated heterocycles. The molecular weight excluding hydrogens is 492 g/mol. The van der Waals surface area contributed by atoms with E-state index >= 15 is 0 Å². The summed E-state index contributed by atoms with van der Waals surface area (Å²) in [6.07, 6.45) is 5.40. The number of aromatic amines is 1. The number of methoxy groups -OCH3 is 1. The quantitative estimate of drug-likeness (QED) is 0.296. The van der Waals surface area contributed by atoms with Crippen molar-refractivity contribution in [1.29, 1.82) is 5.41 Å². The summed E-state index contributed by atoms with van der Waals surface area (Å²) >= 11 is 0. The molecule has 208 valence electrons. The highest BCUT2D eigenvalue weighted by Gasteiger charge is 2.29. The number of piperidine rings is 1. The Morgan fingerprint density at radius 3 is 2.64 bits per heavy atom. The fourth-order valence-corrected chi connectivity index (χ4v) is 5.88. The predicted molar refractivity (Wildman–Crippen MR) is 156 cm³/mol. The van der Waals surface area contributed by atoms with Crippen molar-refractivity contribution in [2.24, 2.45) is 5.92 Å². The number of ether oxygens (including phenoxy) is 1. The number of para-hydroxylation sites is 1. The lowest BCUT2D eigenvalue weighted by Crippen LogP contribution is -2.37. The molecule has 1 fully saturated rings. The molecule has 0 spiro atoms. The first-order chi connectivity index (χ1) is 18.8. The minimum Gasteiger partial charge on any atom is -0.496 e. The average Bonchev–Trinajstić information content (AvgIpc) is 3.23. The van der Waals surface area contributed by atoms with Gasteiger partial charge in [-0.3, -0.25) is 14.5 Å². The van der Waals surface area contributed by atoms with Crippen LogP contribution in [0.15, 0.2) is 46.9 Å². The first-order valence-corrected chi connectivity index (χ1v) is 13.5. The number of likely N-dealkylation sites (tertiary alicyclic amines) is 1.